The summed E-state index contributed by atoms with van der Waals surface area (Å²) in [6.07, 6.45) is 2.16. The number of nitrogens with zero attached hydrogens (tertiary/aromatic N) is 8. The van der Waals surface area contributed by atoms with E-state index < -0.39 is 12.1 Å². The number of halogens is 1. The molecule has 0 bridgehead atoms. The summed E-state index contributed by atoms with van der Waals surface area (Å²) in [5, 5.41) is 24.1. The smallest absolute Gasteiger partial charge is 0.222 e. The highest BCUT2D eigenvalue weighted by atomic mass is 35.5. The number of benzene rings is 4. The van der Waals surface area contributed by atoms with Crippen molar-refractivity contribution in [2.24, 2.45) is 9.98 Å². The summed E-state index contributed by atoms with van der Waals surface area (Å²) in [7, 11) is 3.27. The predicted octanol–water partition coefficient (Wildman–Crippen LogP) is 7.57. The van der Waals surface area contributed by atoms with Gasteiger partial charge in [-0.3, -0.25) is 28.7 Å². The van der Waals surface area contributed by atoms with Crippen molar-refractivity contribution in [3.05, 3.63) is 136 Å². The van der Waals surface area contributed by atoms with E-state index in [1.165, 1.54) is 0 Å². The molecule has 2 N–H and O–H groups in total. The second-order valence-corrected chi connectivity index (χ2v) is 18.4. The van der Waals surface area contributed by atoms with Crippen LogP contribution in [0.1, 0.15) is 90.2 Å². The molecule has 2 aliphatic heterocycles. The molecule has 19 heteroatoms. The monoisotopic (exact) mass is 1000 g/mol. The van der Waals surface area contributed by atoms with Gasteiger partial charge in [-0.15, -0.1) is 32.2 Å². The Labute approximate surface area is 422 Å². The number of aromatic nitrogens is 6. The summed E-state index contributed by atoms with van der Waals surface area (Å²) in [4.78, 5) is 37.6. The van der Waals surface area contributed by atoms with Crippen molar-refractivity contribution in [3.8, 4) is 22.9 Å². The van der Waals surface area contributed by atoms with Crippen LogP contribution in [0.2, 0.25) is 5.02 Å². The molecule has 0 fully saturated rings. The second-order valence-electron chi connectivity index (χ2n) is 16.8. The van der Waals surface area contributed by atoms with Crippen molar-refractivity contribution in [1.82, 2.24) is 40.2 Å². The van der Waals surface area contributed by atoms with Gasteiger partial charge in [0.25, 0.3) is 0 Å². The Morgan fingerprint density at radius 2 is 1.11 bits per heavy atom. The zero-order valence-corrected chi connectivity index (χ0v) is 42.2. The molecule has 17 nitrogen and oxygen atoms in total. The van der Waals surface area contributed by atoms with Crippen LogP contribution in [0.15, 0.2) is 99.8 Å². The molecule has 4 aromatic carbocycles. The minimum Gasteiger partial charge on any atom is -0.497 e. The zero-order valence-electron chi connectivity index (χ0n) is 40.7. The molecule has 8 rings (SSSR count). The van der Waals surface area contributed by atoms with Gasteiger partial charge in [0.15, 0.2) is 11.6 Å². The average molecular weight is 1000 g/mol. The lowest BCUT2D eigenvalue weighted by atomic mass is 10.00. The van der Waals surface area contributed by atoms with Crippen molar-refractivity contribution < 1.29 is 33.3 Å². The van der Waals surface area contributed by atoms with Gasteiger partial charge in [0.05, 0.1) is 82.9 Å². The first-order chi connectivity index (χ1) is 34.6. The van der Waals surface area contributed by atoms with Crippen molar-refractivity contribution in [1.29, 1.82) is 0 Å². The van der Waals surface area contributed by atoms with E-state index >= 15 is 0 Å². The molecule has 0 unspecified atom stereocenters. The van der Waals surface area contributed by atoms with Gasteiger partial charge in [-0.05, 0) is 100 Å². The first-order valence-electron chi connectivity index (χ1n) is 23.8. The Hall–Kier alpha value is -6.44. The third kappa shape index (κ3) is 12.5. The third-order valence-corrected chi connectivity index (χ3v) is 13.3. The van der Waals surface area contributed by atoms with Gasteiger partial charge in [-0.1, -0.05) is 35.9 Å². The molecule has 372 valence electrons. The topological polar surface area (TPSA) is 190 Å². The number of fused-ring (bicyclic) bond motifs is 6. The molecule has 2 aromatic heterocycles. The molecular weight excluding hydrogens is 944 g/mol. The first kappa shape index (κ1) is 50.9. The van der Waals surface area contributed by atoms with Gasteiger partial charge in [-0.25, -0.2) is 0 Å². The Balaban J connectivity index is 0.720. The van der Waals surface area contributed by atoms with Gasteiger partial charge in [-0.2, -0.15) is 0 Å². The number of rotatable bonds is 24. The summed E-state index contributed by atoms with van der Waals surface area (Å²) >= 11 is 8.03. The maximum Gasteiger partial charge on any atom is 0.222 e. The highest BCUT2D eigenvalue weighted by Gasteiger charge is 2.32. The highest BCUT2D eigenvalue weighted by Crippen LogP contribution is 2.36. The maximum atomic E-state index is 13.3. The number of hydrogen-bond donors (Lipinski definition) is 2. The van der Waals surface area contributed by atoms with Crippen molar-refractivity contribution in [2.45, 2.75) is 63.4 Å². The largest absolute Gasteiger partial charge is 0.497 e. The highest BCUT2D eigenvalue weighted by molar-refractivity contribution is 7.99. The Kier molecular flexibility index (Phi) is 17.6. The average Bonchev–Trinajstić information content (AvgIpc) is 3.88. The normalized spacial score (nSPS) is 14.7. The molecule has 2 atom stereocenters. The summed E-state index contributed by atoms with van der Waals surface area (Å²) < 4.78 is 32.4. The standard InChI is InChI=1S/C52H59ClN10O7S/c1-6-54-47(64)31-43-51-60-58-33(2)62(51)46-20-16-39(67-5)30-42(46)50(56-43)36-11-17-40(18-12-36)71-28-8-7-22-68-24-26-70-27-25-69-23-21-55-48(65)32-44-52-61-59-34(3)63(52)45-19-15-38(66-4)29-41(45)49(57-44)35-9-13-37(53)14-10-35/h9-20,29-30,43-44H,6-8,21-28,31-32H2,1-5H3,(H,54,64)(H,55,65)/t43-,44-/m0/s1. The fourth-order valence-corrected chi connectivity index (χ4v) is 9.49. The molecule has 0 aliphatic carbocycles. The van der Waals surface area contributed by atoms with Crippen LogP contribution < -0.4 is 20.1 Å². The van der Waals surface area contributed by atoms with Crippen molar-refractivity contribution >= 4 is 46.6 Å². The van der Waals surface area contributed by atoms with Gasteiger partial charge < -0.3 is 34.3 Å². The summed E-state index contributed by atoms with van der Waals surface area (Å²) in [5.41, 5.74) is 6.71. The van der Waals surface area contributed by atoms with Gasteiger partial charge >= 0.3 is 0 Å². The number of carbonyl (C=O) groups is 2. The van der Waals surface area contributed by atoms with E-state index in [2.05, 4.69) is 55.3 Å². The maximum absolute atomic E-state index is 13.3. The van der Waals surface area contributed by atoms with Gasteiger partial charge in [0.2, 0.25) is 11.8 Å². The molecule has 4 heterocycles. The summed E-state index contributed by atoms with van der Waals surface area (Å²) in [6.45, 7) is 9.34. The molecule has 0 saturated carbocycles. The SMILES string of the molecule is CCNC(=O)C[C@@H]1N=C(c2ccc(SCCCCOCCOCCOCCNC(=O)C[C@@H]3N=C(c4ccc(Cl)cc4)c4cc(OC)ccc4-n4c(C)nnc43)cc2)c2cc(OC)ccc2-n2c(C)nnc21. The Bertz CT molecular complexity index is 2850. The number of nitrogens with one attached hydrogen (secondary N) is 2. The summed E-state index contributed by atoms with van der Waals surface area (Å²) in [5.74, 6) is 4.67. The zero-order chi connectivity index (χ0) is 49.7. The molecule has 0 radical (unpaired) electrons. The molecule has 6 aromatic rings. The van der Waals surface area contributed by atoms with E-state index in [1.807, 2.05) is 90.6 Å². The number of ether oxygens (including phenoxy) is 5. The molecule has 0 saturated heterocycles. The van der Waals surface area contributed by atoms with E-state index in [1.54, 1.807) is 26.0 Å². The quantitative estimate of drug-likeness (QED) is 0.0448. The molecular formula is C52H59ClN10O7S. The fraction of sp³-hybridized carbons (Fsp3) is 0.385. The third-order valence-electron chi connectivity index (χ3n) is 11.9. The second kappa shape index (κ2) is 24.6. The van der Waals surface area contributed by atoms with E-state index in [-0.39, 0.29) is 24.7 Å². The number of carbonyl (C=O) groups excluding carboxylic acids is 2. The van der Waals surface area contributed by atoms with Crippen LogP contribution in [0.5, 0.6) is 11.5 Å². The predicted molar refractivity (Wildman–Crippen MR) is 273 cm³/mol. The van der Waals surface area contributed by atoms with Crippen LogP contribution in [0.25, 0.3) is 11.4 Å². The molecule has 2 amide bonds. The van der Waals surface area contributed by atoms with Crippen LogP contribution in [0.3, 0.4) is 0 Å². The van der Waals surface area contributed by atoms with Gasteiger partial charge in [0.1, 0.15) is 35.2 Å². The number of methoxy groups -OCH3 is 2. The number of hydrogen-bond acceptors (Lipinski definition) is 14. The van der Waals surface area contributed by atoms with Gasteiger partial charge in [0, 0.05) is 51.9 Å². The number of aliphatic imine (C=N–C) groups is 2. The lowest BCUT2D eigenvalue weighted by Crippen LogP contribution is -2.29. The Morgan fingerprint density at radius 3 is 1.63 bits per heavy atom. The molecule has 71 heavy (non-hydrogen) atoms. The van der Waals surface area contributed by atoms with Crippen LogP contribution in [0, 0.1) is 13.8 Å². The number of unbranched alkanes of at least 4 members (excludes halogenated alkanes) is 1. The minimum absolute atomic E-state index is 0.0675. The van der Waals surface area contributed by atoms with Crippen molar-refractivity contribution in [2.75, 3.05) is 72.7 Å². The number of thioether (sulfide) groups is 1. The van der Waals surface area contributed by atoms with Crippen LogP contribution in [-0.4, -0.2) is 125 Å². The van der Waals surface area contributed by atoms with Crippen LogP contribution >= 0.6 is 23.4 Å². The number of aryl methyl sites for hydroxylation is 2. The van der Waals surface area contributed by atoms with Crippen molar-refractivity contribution in [3.63, 3.8) is 0 Å². The van der Waals surface area contributed by atoms with E-state index in [4.69, 9.17) is 45.3 Å². The lowest BCUT2D eigenvalue weighted by molar-refractivity contribution is -0.122. The summed E-state index contributed by atoms with van der Waals surface area (Å²) in [6, 6.07) is 26.4. The van der Waals surface area contributed by atoms with Crippen LogP contribution in [-0.2, 0) is 23.8 Å². The van der Waals surface area contributed by atoms with E-state index in [9.17, 15) is 9.59 Å². The van der Waals surface area contributed by atoms with Crippen LogP contribution in [0.4, 0.5) is 0 Å². The minimum atomic E-state index is -0.598. The lowest BCUT2D eigenvalue weighted by Gasteiger charge is -2.14. The van der Waals surface area contributed by atoms with E-state index in [0.29, 0.717) is 92.4 Å². The molecule has 0 spiro atoms. The first-order valence-corrected chi connectivity index (χ1v) is 25.1. The number of amides is 2. The van der Waals surface area contributed by atoms with E-state index in [0.717, 1.165) is 68.7 Å². The Morgan fingerprint density at radius 1 is 0.620 bits per heavy atom. The fourth-order valence-electron chi connectivity index (χ4n) is 8.45. The molecule has 2 aliphatic rings.